The van der Waals surface area contributed by atoms with Gasteiger partial charge in [-0.05, 0) is 49.7 Å². The largest absolute Gasteiger partial charge is 0.254 e. The van der Waals surface area contributed by atoms with Crippen molar-refractivity contribution in [2.75, 3.05) is 0 Å². The Morgan fingerprint density at radius 3 is 2.83 bits per heavy atom. The summed E-state index contributed by atoms with van der Waals surface area (Å²) in [6.07, 6.45) is 12.3. The molecule has 1 nitrogen and oxygen atoms in total. The molecule has 2 rings (SSSR count). The average molecular weight is 159 g/mol. The summed E-state index contributed by atoms with van der Waals surface area (Å²) in [6, 6.07) is 4.05. The minimum atomic E-state index is 0.747. The fraction of sp³-hybridized carbons (Fsp3) is 0.455. The van der Waals surface area contributed by atoms with Crippen LogP contribution in [0.5, 0.6) is 0 Å². The van der Waals surface area contributed by atoms with Crippen LogP contribution in [0, 0.1) is 12.6 Å². The Labute approximate surface area is 73.8 Å². The monoisotopic (exact) mass is 159 g/mol. The van der Waals surface area contributed by atoms with E-state index < -0.39 is 0 Å². The number of nitrogens with zero attached hydrogens (tertiary/aromatic N) is 1. The maximum atomic E-state index is 4.02. The van der Waals surface area contributed by atoms with Gasteiger partial charge in [0, 0.05) is 6.20 Å². The van der Waals surface area contributed by atoms with Crippen molar-refractivity contribution in [3.8, 4) is 0 Å². The Balaban J connectivity index is 2.08. The van der Waals surface area contributed by atoms with E-state index >= 15 is 0 Å². The van der Waals surface area contributed by atoms with Crippen molar-refractivity contribution < 1.29 is 0 Å². The van der Waals surface area contributed by atoms with E-state index in [9.17, 15) is 0 Å². The summed E-state index contributed by atoms with van der Waals surface area (Å²) < 4.78 is 0. The third-order valence-corrected chi connectivity index (χ3v) is 2.55. The Hall–Kier alpha value is -0.850. The first kappa shape index (κ1) is 7.78. The molecule has 1 heterocycles. The van der Waals surface area contributed by atoms with Crippen molar-refractivity contribution in [1.82, 2.24) is 4.98 Å². The van der Waals surface area contributed by atoms with E-state index in [4.69, 9.17) is 0 Å². The highest BCUT2D eigenvalue weighted by Gasteiger charge is 2.14. The quantitative estimate of drug-likeness (QED) is 0.614. The maximum Gasteiger partial charge on any atom is 0.0886 e. The van der Waals surface area contributed by atoms with E-state index in [1.165, 1.54) is 31.2 Å². The Morgan fingerprint density at radius 2 is 2.17 bits per heavy atom. The van der Waals surface area contributed by atoms with E-state index in [1.807, 2.05) is 12.3 Å². The highest BCUT2D eigenvalue weighted by Crippen LogP contribution is 2.31. The smallest absolute Gasteiger partial charge is 0.0886 e. The van der Waals surface area contributed by atoms with Crippen molar-refractivity contribution in [2.45, 2.75) is 31.6 Å². The van der Waals surface area contributed by atoms with Crippen molar-refractivity contribution in [1.29, 1.82) is 0 Å². The highest BCUT2D eigenvalue weighted by atomic mass is 14.6. The van der Waals surface area contributed by atoms with Gasteiger partial charge in [-0.15, -0.1) is 0 Å². The first-order valence-electron chi connectivity index (χ1n) is 4.60. The summed E-state index contributed by atoms with van der Waals surface area (Å²) in [5.74, 6) is 0.747. The summed E-state index contributed by atoms with van der Waals surface area (Å²) in [5.41, 5.74) is 1.39. The van der Waals surface area contributed by atoms with E-state index in [2.05, 4.69) is 23.7 Å². The van der Waals surface area contributed by atoms with Crippen molar-refractivity contribution in [3.63, 3.8) is 0 Å². The van der Waals surface area contributed by atoms with Crippen molar-refractivity contribution >= 4 is 0 Å². The summed E-state index contributed by atoms with van der Waals surface area (Å²) in [6.45, 7) is 0. The van der Waals surface area contributed by atoms with Gasteiger partial charge in [0.2, 0.25) is 0 Å². The lowest BCUT2D eigenvalue weighted by Crippen LogP contribution is -2.04. The highest BCUT2D eigenvalue weighted by molar-refractivity contribution is 5.15. The predicted octanol–water partition coefficient (Wildman–Crippen LogP) is 2.74. The maximum absolute atomic E-state index is 4.02. The molecule has 1 heteroatoms. The minimum Gasteiger partial charge on any atom is -0.254 e. The zero-order valence-corrected chi connectivity index (χ0v) is 7.16. The third kappa shape index (κ3) is 1.66. The fourth-order valence-corrected chi connectivity index (χ4v) is 1.83. The molecule has 1 aliphatic rings. The van der Waals surface area contributed by atoms with Gasteiger partial charge in [-0.3, -0.25) is 4.98 Å². The first-order chi connectivity index (χ1) is 5.97. The second kappa shape index (κ2) is 3.70. The van der Waals surface area contributed by atoms with Gasteiger partial charge in [0.1, 0.15) is 0 Å². The summed E-state index contributed by atoms with van der Waals surface area (Å²) in [4.78, 5) is 4.02. The lowest BCUT2D eigenvalue weighted by molar-refractivity contribution is 0.510. The molecular formula is C11H13N. The molecule has 62 valence electrons. The number of pyridine rings is 1. The molecule has 2 radical (unpaired) electrons. The SMILES string of the molecule is [c]1ccc(C2CC[CH]CC2)cn1. The summed E-state index contributed by atoms with van der Waals surface area (Å²) in [5, 5.41) is 0. The van der Waals surface area contributed by atoms with Gasteiger partial charge in [-0.1, -0.05) is 6.07 Å². The number of aromatic nitrogens is 1. The summed E-state index contributed by atoms with van der Waals surface area (Å²) >= 11 is 0. The number of rotatable bonds is 1. The van der Waals surface area contributed by atoms with Crippen LogP contribution in [0.25, 0.3) is 0 Å². The van der Waals surface area contributed by atoms with Crippen LogP contribution in [-0.2, 0) is 0 Å². The van der Waals surface area contributed by atoms with E-state index in [0.29, 0.717) is 0 Å². The molecule has 0 spiro atoms. The first-order valence-corrected chi connectivity index (χ1v) is 4.60. The molecule has 0 unspecified atom stereocenters. The Bertz CT molecular complexity index is 224. The molecule has 12 heavy (non-hydrogen) atoms. The predicted molar refractivity (Wildman–Crippen MR) is 48.6 cm³/mol. The molecule has 0 bridgehead atoms. The number of hydrogen-bond acceptors (Lipinski definition) is 1. The molecular weight excluding hydrogens is 146 g/mol. The van der Waals surface area contributed by atoms with Crippen LogP contribution >= 0.6 is 0 Å². The van der Waals surface area contributed by atoms with Gasteiger partial charge < -0.3 is 0 Å². The molecule has 0 N–H and O–H groups in total. The average Bonchev–Trinajstić information content (AvgIpc) is 2.21. The van der Waals surface area contributed by atoms with Crippen LogP contribution in [0.1, 0.15) is 37.2 Å². The van der Waals surface area contributed by atoms with E-state index in [-0.39, 0.29) is 0 Å². The van der Waals surface area contributed by atoms with Gasteiger partial charge in [-0.25, -0.2) is 0 Å². The van der Waals surface area contributed by atoms with Crippen LogP contribution in [0.15, 0.2) is 18.3 Å². The molecule has 1 aromatic rings. The zero-order valence-electron chi connectivity index (χ0n) is 7.16. The van der Waals surface area contributed by atoms with Crippen molar-refractivity contribution in [2.24, 2.45) is 0 Å². The molecule has 0 aliphatic heterocycles. The zero-order chi connectivity index (χ0) is 8.23. The van der Waals surface area contributed by atoms with E-state index in [0.717, 1.165) is 5.92 Å². The van der Waals surface area contributed by atoms with Gasteiger partial charge in [0.25, 0.3) is 0 Å². The molecule has 1 fully saturated rings. The Morgan fingerprint density at radius 1 is 1.33 bits per heavy atom. The molecule has 0 saturated heterocycles. The standard InChI is InChI=1S/C11H13N/c1-2-5-10(6-3-1)11-7-4-8-12-9-11/h1,4,7,9-10H,2-3,5-6H2. The normalized spacial score (nSPS) is 19.3. The lowest BCUT2D eigenvalue weighted by atomic mass is 9.85. The molecule has 0 aromatic carbocycles. The van der Waals surface area contributed by atoms with Crippen molar-refractivity contribution in [3.05, 3.63) is 36.5 Å². The molecule has 1 aliphatic carbocycles. The second-order valence-electron chi connectivity index (χ2n) is 3.36. The van der Waals surface area contributed by atoms with Gasteiger partial charge in [0.05, 0.1) is 6.20 Å². The van der Waals surface area contributed by atoms with Crippen LogP contribution in [0.4, 0.5) is 0 Å². The van der Waals surface area contributed by atoms with Crippen LogP contribution in [0.3, 0.4) is 0 Å². The number of hydrogen-bond donors (Lipinski definition) is 0. The van der Waals surface area contributed by atoms with Crippen LogP contribution in [-0.4, -0.2) is 4.98 Å². The molecule has 1 saturated carbocycles. The van der Waals surface area contributed by atoms with Crippen LogP contribution < -0.4 is 0 Å². The van der Waals surface area contributed by atoms with Gasteiger partial charge in [0.15, 0.2) is 0 Å². The Kier molecular flexibility index (Phi) is 2.40. The second-order valence-corrected chi connectivity index (χ2v) is 3.36. The molecule has 0 amide bonds. The molecule has 1 aromatic heterocycles. The lowest BCUT2D eigenvalue weighted by Gasteiger charge is -2.20. The van der Waals surface area contributed by atoms with E-state index in [1.54, 1.807) is 0 Å². The topological polar surface area (TPSA) is 12.9 Å². The van der Waals surface area contributed by atoms with Gasteiger partial charge >= 0.3 is 0 Å². The van der Waals surface area contributed by atoms with Gasteiger partial charge in [-0.2, -0.15) is 0 Å². The minimum absolute atomic E-state index is 0.747. The molecule has 0 atom stereocenters. The summed E-state index contributed by atoms with van der Waals surface area (Å²) in [7, 11) is 0. The third-order valence-electron chi connectivity index (χ3n) is 2.55. The van der Waals surface area contributed by atoms with Crippen LogP contribution in [0.2, 0.25) is 0 Å². The fourth-order valence-electron chi connectivity index (χ4n) is 1.83.